The van der Waals surface area contributed by atoms with Crippen molar-refractivity contribution >= 4 is 11.8 Å². The van der Waals surface area contributed by atoms with Crippen molar-refractivity contribution in [2.45, 2.75) is 39.2 Å². The highest BCUT2D eigenvalue weighted by Crippen LogP contribution is 2.25. The number of unbranched alkanes of at least 4 members (excludes halogenated alkanes) is 1. The highest BCUT2D eigenvalue weighted by atomic mass is 19.1. The van der Waals surface area contributed by atoms with Crippen LogP contribution in [0.25, 0.3) is 0 Å². The number of halogens is 1. The Morgan fingerprint density at radius 1 is 1.38 bits per heavy atom. The maximum atomic E-state index is 13.8. The zero-order chi connectivity index (χ0) is 15.8. The second-order valence-electron chi connectivity index (χ2n) is 4.69. The zero-order valence-electron chi connectivity index (χ0n) is 12.3. The van der Waals surface area contributed by atoms with Crippen LogP contribution < -0.4 is 4.74 Å². The number of benzene rings is 1. The Morgan fingerprint density at radius 2 is 2.10 bits per heavy atom. The van der Waals surface area contributed by atoms with Crippen LogP contribution in [0.5, 0.6) is 5.75 Å². The smallest absolute Gasteiger partial charge is 0.191 e. The van der Waals surface area contributed by atoms with Crippen LogP contribution in [0.4, 0.5) is 4.39 Å². The quantitative estimate of drug-likeness (QED) is 0.409. The Bertz CT molecular complexity index is 506. The lowest BCUT2D eigenvalue weighted by molar-refractivity contribution is 0.175. The van der Waals surface area contributed by atoms with E-state index < -0.39 is 11.9 Å². The van der Waals surface area contributed by atoms with E-state index in [0.717, 1.165) is 12.8 Å². The van der Waals surface area contributed by atoms with Gasteiger partial charge in [0.05, 0.1) is 19.1 Å². The molecule has 3 N–H and O–H groups in total. The summed E-state index contributed by atoms with van der Waals surface area (Å²) in [5.74, 6) is -0.518. The first-order valence-corrected chi connectivity index (χ1v) is 6.84. The highest BCUT2D eigenvalue weighted by Gasteiger charge is 2.17. The van der Waals surface area contributed by atoms with E-state index in [0.29, 0.717) is 12.4 Å². The monoisotopic (exact) mass is 296 g/mol. The molecule has 1 unspecified atom stereocenters. The summed E-state index contributed by atoms with van der Waals surface area (Å²) < 4.78 is 24.0. The van der Waals surface area contributed by atoms with E-state index in [1.807, 2.05) is 6.92 Å². The molecule has 1 aromatic carbocycles. The molecule has 0 radical (unpaired) electrons. The molecule has 0 saturated carbocycles. The molecule has 21 heavy (non-hydrogen) atoms. The lowest BCUT2D eigenvalue weighted by Crippen LogP contribution is -2.13. The number of aliphatic hydroxyl groups excluding tert-OH is 1. The molecule has 116 valence electrons. The first kappa shape index (κ1) is 17.1. The molecule has 6 heteroatoms. The summed E-state index contributed by atoms with van der Waals surface area (Å²) in [6.07, 6.45) is 0.470. The van der Waals surface area contributed by atoms with Gasteiger partial charge in [-0.05, 0) is 24.6 Å². The molecular formula is C15H21FN2O3. The van der Waals surface area contributed by atoms with E-state index in [1.165, 1.54) is 25.1 Å². The summed E-state index contributed by atoms with van der Waals surface area (Å²) in [4.78, 5) is 0. The lowest BCUT2D eigenvalue weighted by atomic mass is 10.1. The molecule has 0 spiro atoms. The summed E-state index contributed by atoms with van der Waals surface area (Å²) in [5.41, 5.74) is 0.0555. The molecule has 0 heterocycles. The van der Waals surface area contributed by atoms with Crippen molar-refractivity contribution in [3.05, 3.63) is 29.6 Å². The predicted octanol–water partition coefficient (Wildman–Crippen LogP) is 3.42. The number of hydrogen-bond donors (Lipinski definition) is 3. The van der Waals surface area contributed by atoms with Gasteiger partial charge in [-0.3, -0.25) is 10.8 Å². The van der Waals surface area contributed by atoms with E-state index in [4.69, 9.17) is 20.3 Å². The number of ether oxygens (including phenoxy) is 2. The van der Waals surface area contributed by atoms with Crippen molar-refractivity contribution in [3.8, 4) is 5.75 Å². The van der Waals surface area contributed by atoms with Crippen molar-refractivity contribution in [1.82, 2.24) is 0 Å². The number of hydrogen-bond acceptors (Lipinski definition) is 5. The first-order valence-electron chi connectivity index (χ1n) is 6.84. The fraction of sp³-hybridized carbons (Fsp3) is 0.467. The Morgan fingerprint density at radius 3 is 2.71 bits per heavy atom. The second-order valence-corrected chi connectivity index (χ2v) is 4.69. The van der Waals surface area contributed by atoms with Crippen LogP contribution in [-0.4, -0.2) is 23.5 Å². The summed E-state index contributed by atoms with van der Waals surface area (Å²) in [6, 6.07) is 4.16. The van der Waals surface area contributed by atoms with Gasteiger partial charge in [0.1, 0.15) is 11.6 Å². The Hall–Kier alpha value is -1.95. The van der Waals surface area contributed by atoms with E-state index in [-0.39, 0.29) is 23.8 Å². The maximum absolute atomic E-state index is 13.8. The molecule has 1 atom stereocenters. The lowest BCUT2D eigenvalue weighted by Gasteiger charge is -2.14. The molecule has 0 amide bonds. The van der Waals surface area contributed by atoms with Gasteiger partial charge in [0.25, 0.3) is 0 Å². The molecule has 1 aromatic rings. The van der Waals surface area contributed by atoms with Crippen molar-refractivity contribution in [1.29, 1.82) is 10.8 Å². The molecule has 0 aliphatic rings. The highest BCUT2D eigenvalue weighted by molar-refractivity contribution is 5.87. The van der Waals surface area contributed by atoms with Gasteiger partial charge in [-0.1, -0.05) is 13.3 Å². The normalized spacial score (nSPS) is 11.8. The van der Waals surface area contributed by atoms with Gasteiger partial charge in [0.2, 0.25) is 0 Å². The minimum absolute atomic E-state index is 0.0555. The van der Waals surface area contributed by atoms with Crippen molar-refractivity contribution in [2.75, 3.05) is 6.61 Å². The van der Waals surface area contributed by atoms with Crippen LogP contribution in [0.3, 0.4) is 0 Å². The summed E-state index contributed by atoms with van der Waals surface area (Å²) >= 11 is 0. The molecule has 0 aromatic heterocycles. The average Bonchev–Trinajstić information content (AvgIpc) is 2.39. The van der Waals surface area contributed by atoms with E-state index in [9.17, 15) is 9.50 Å². The van der Waals surface area contributed by atoms with Crippen molar-refractivity contribution in [2.24, 2.45) is 0 Å². The topological polar surface area (TPSA) is 86.4 Å². The third-order valence-corrected chi connectivity index (χ3v) is 2.75. The Balaban J connectivity index is 2.73. The minimum atomic E-state index is -1.22. The van der Waals surface area contributed by atoms with Crippen LogP contribution in [0, 0.1) is 16.6 Å². The SMILES string of the molecule is CCCCOc1ccc(F)c(C(O)CC(=N)OC(C)=N)c1. The third-order valence-electron chi connectivity index (χ3n) is 2.75. The summed E-state index contributed by atoms with van der Waals surface area (Å²) in [6.45, 7) is 3.95. The summed E-state index contributed by atoms with van der Waals surface area (Å²) in [5, 5.41) is 24.6. The molecule has 0 aliphatic heterocycles. The van der Waals surface area contributed by atoms with Gasteiger partial charge in [-0.2, -0.15) is 0 Å². The van der Waals surface area contributed by atoms with E-state index in [2.05, 4.69) is 0 Å². The van der Waals surface area contributed by atoms with Crippen molar-refractivity contribution < 1.29 is 19.0 Å². The second kappa shape index (κ2) is 8.36. The average molecular weight is 296 g/mol. The van der Waals surface area contributed by atoms with Gasteiger partial charge in [0.15, 0.2) is 11.8 Å². The van der Waals surface area contributed by atoms with Gasteiger partial charge in [-0.25, -0.2) is 4.39 Å². The molecule has 0 saturated heterocycles. The van der Waals surface area contributed by atoms with Crippen LogP contribution in [-0.2, 0) is 4.74 Å². The Labute approximate surface area is 123 Å². The van der Waals surface area contributed by atoms with Crippen LogP contribution in [0.15, 0.2) is 18.2 Å². The van der Waals surface area contributed by atoms with Crippen LogP contribution in [0.2, 0.25) is 0 Å². The Kier molecular flexibility index (Phi) is 6.81. The molecule has 1 rings (SSSR count). The maximum Gasteiger partial charge on any atom is 0.191 e. The minimum Gasteiger partial charge on any atom is -0.494 e. The van der Waals surface area contributed by atoms with Crippen LogP contribution in [0.1, 0.15) is 44.8 Å². The van der Waals surface area contributed by atoms with E-state index in [1.54, 1.807) is 0 Å². The summed E-state index contributed by atoms with van der Waals surface area (Å²) in [7, 11) is 0. The fourth-order valence-corrected chi connectivity index (χ4v) is 1.71. The fourth-order valence-electron chi connectivity index (χ4n) is 1.71. The molecule has 0 bridgehead atoms. The predicted molar refractivity (Wildman–Crippen MR) is 78.6 cm³/mol. The van der Waals surface area contributed by atoms with Gasteiger partial charge in [-0.15, -0.1) is 0 Å². The molecule has 0 aliphatic carbocycles. The van der Waals surface area contributed by atoms with Crippen LogP contribution >= 0.6 is 0 Å². The number of rotatable bonds is 7. The first-order chi connectivity index (χ1) is 9.93. The zero-order valence-corrected chi connectivity index (χ0v) is 12.3. The van der Waals surface area contributed by atoms with Gasteiger partial charge in [0, 0.05) is 12.5 Å². The molecule has 0 fully saturated rings. The van der Waals surface area contributed by atoms with E-state index >= 15 is 0 Å². The largest absolute Gasteiger partial charge is 0.494 e. The number of nitrogens with one attached hydrogen (secondary N) is 2. The van der Waals surface area contributed by atoms with Gasteiger partial charge >= 0.3 is 0 Å². The van der Waals surface area contributed by atoms with Gasteiger partial charge < -0.3 is 14.6 Å². The molecule has 5 nitrogen and oxygen atoms in total. The number of aliphatic hydroxyl groups is 1. The van der Waals surface area contributed by atoms with Crippen molar-refractivity contribution in [3.63, 3.8) is 0 Å². The third kappa shape index (κ3) is 5.91. The molecular weight excluding hydrogens is 275 g/mol. The standard InChI is InChI=1S/C15H21FN2O3/c1-3-4-7-20-11-5-6-13(16)12(8-11)14(19)9-15(18)21-10(2)17/h5-6,8,14,17-19H,3-4,7,9H2,1-2H3.